The van der Waals surface area contributed by atoms with Gasteiger partial charge >= 0.3 is 0 Å². The van der Waals surface area contributed by atoms with Crippen LogP contribution in [-0.2, 0) is 0 Å². The van der Waals surface area contributed by atoms with Crippen molar-refractivity contribution in [1.29, 1.82) is 0 Å². The highest BCUT2D eigenvalue weighted by Gasteiger charge is 2.38. The van der Waals surface area contributed by atoms with E-state index in [2.05, 4.69) is 216 Å². The summed E-state index contributed by atoms with van der Waals surface area (Å²) in [4.78, 5) is 7.32. The third kappa shape index (κ3) is 6.39. The van der Waals surface area contributed by atoms with Crippen LogP contribution in [-0.4, -0.2) is 16.6 Å². The van der Waals surface area contributed by atoms with Crippen molar-refractivity contribution in [2.24, 2.45) is 16.6 Å². The molecule has 3 unspecified atom stereocenters. The quantitative estimate of drug-likeness (QED) is 0.0987. The summed E-state index contributed by atoms with van der Waals surface area (Å²) in [5.74, 6) is 0.913. The number of nitrogens with two attached hydrogens (primary N) is 1. The highest BCUT2D eigenvalue weighted by atomic mass is 32.1. The molecule has 3 aliphatic rings. The summed E-state index contributed by atoms with van der Waals surface area (Å²) in [7, 11) is 0. The summed E-state index contributed by atoms with van der Waals surface area (Å²) >= 11 is 1.85. The van der Waals surface area contributed by atoms with Crippen LogP contribution in [0.3, 0.4) is 0 Å². The van der Waals surface area contributed by atoms with Crippen LogP contribution in [0.15, 0.2) is 218 Å². The zero-order valence-corrected chi connectivity index (χ0v) is 36.0. The molecule has 0 radical (unpaired) electrons. The van der Waals surface area contributed by atoms with Gasteiger partial charge in [-0.3, -0.25) is 4.57 Å². The second kappa shape index (κ2) is 15.6. The lowest BCUT2D eigenvalue weighted by Crippen LogP contribution is -2.39. The maximum Gasteiger partial charge on any atom is 0.205 e. The Labute approximate surface area is 376 Å². The number of hydrogen-bond donors (Lipinski definition) is 1. The number of para-hydroxylation sites is 2. The smallest absolute Gasteiger partial charge is 0.205 e. The Kier molecular flexibility index (Phi) is 9.24. The first-order valence-electron chi connectivity index (χ1n) is 22.0. The Morgan fingerprint density at radius 3 is 2.33 bits per heavy atom. The van der Waals surface area contributed by atoms with Crippen LogP contribution in [0.25, 0.3) is 71.1 Å². The second-order valence-electron chi connectivity index (χ2n) is 16.9. The van der Waals surface area contributed by atoms with Crippen molar-refractivity contribution in [3.8, 4) is 22.3 Å². The molecule has 0 amide bonds. The highest BCUT2D eigenvalue weighted by molar-refractivity contribution is 7.26. The number of aromatic nitrogens is 1. The van der Waals surface area contributed by atoms with Gasteiger partial charge in [0.05, 0.1) is 16.9 Å². The molecular weight excluding hydrogens is 797 g/mol. The van der Waals surface area contributed by atoms with E-state index in [1.165, 1.54) is 75.5 Å². The number of thiophene rings is 1. The number of nitrogens with zero attached hydrogens (tertiary/aromatic N) is 3. The van der Waals surface area contributed by atoms with Crippen molar-refractivity contribution in [2.75, 3.05) is 4.90 Å². The molecule has 0 spiro atoms. The largest absolute Gasteiger partial charge is 0.369 e. The number of benzene rings is 7. The van der Waals surface area contributed by atoms with Gasteiger partial charge in [-0.25, -0.2) is 4.99 Å². The molecule has 0 saturated heterocycles. The molecule has 2 aliphatic carbocycles. The molecule has 7 aromatic carbocycles. The summed E-state index contributed by atoms with van der Waals surface area (Å²) in [6.07, 6.45) is 16.7. The Bertz CT molecular complexity index is 3580. The van der Waals surface area contributed by atoms with Crippen LogP contribution in [0, 0.1) is 5.92 Å². The molecule has 3 atom stereocenters. The lowest BCUT2D eigenvalue weighted by Gasteiger charge is -2.31. The second-order valence-corrected chi connectivity index (χ2v) is 18.0. The molecule has 9 aromatic rings. The SMILES string of the molecule is C=C(/C=C\N=C(/N)n1c2c(c3ccccc31)=CC(C1=CC3c4ccccc4N(c4ccc(-c5ccccc5)cc4)C3C=C1)CC=2)c1cccc(-c2cccc3c2sc2ccccc23)c1. The van der Waals surface area contributed by atoms with Crippen LogP contribution >= 0.6 is 11.3 Å². The molecule has 306 valence electrons. The number of rotatable bonds is 7. The fourth-order valence-electron chi connectivity index (χ4n) is 10.2. The molecular formula is C59H44N4S. The standard InChI is InChI=1S/C59H44N4S/c1-38(41-15-11-16-44(35-41)46-20-12-21-50-49-19-7-10-24-57(49)64-58(46)50)33-34-61-59(60)63-54-23-9-6-18-48(54)52-37-43(28-32-56(52)63)42-27-31-55-51(36-42)47-17-5-8-22-53(47)62(55)45-29-25-40(26-30-45)39-13-3-2-4-14-39/h2-27,29-37,43,51,55H,1,28H2,(H2,60,61)/b34-33-. The van der Waals surface area contributed by atoms with E-state index >= 15 is 0 Å². The van der Waals surface area contributed by atoms with Gasteiger partial charge in [0.2, 0.25) is 5.96 Å². The molecule has 0 bridgehead atoms. The molecule has 12 rings (SSSR count). The maximum absolute atomic E-state index is 6.89. The van der Waals surface area contributed by atoms with E-state index in [1.54, 1.807) is 6.20 Å². The van der Waals surface area contributed by atoms with Crippen LogP contribution in [0.5, 0.6) is 0 Å². The van der Waals surface area contributed by atoms with E-state index in [9.17, 15) is 0 Å². The number of fused-ring (bicyclic) bond motifs is 9. The molecule has 2 N–H and O–H groups in total. The summed E-state index contributed by atoms with van der Waals surface area (Å²) in [5, 5.41) is 6.06. The number of hydrogen-bond acceptors (Lipinski definition) is 3. The molecule has 2 aromatic heterocycles. The zero-order chi connectivity index (χ0) is 42.7. The highest BCUT2D eigenvalue weighted by Crippen LogP contribution is 2.49. The van der Waals surface area contributed by atoms with Crippen LogP contribution < -0.4 is 21.2 Å². The van der Waals surface area contributed by atoms with Gasteiger partial charge in [-0.15, -0.1) is 11.3 Å². The van der Waals surface area contributed by atoms with Crippen molar-refractivity contribution in [3.63, 3.8) is 0 Å². The van der Waals surface area contributed by atoms with Gasteiger partial charge < -0.3 is 10.6 Å². The molecule has 5 heteroatoms. The Hall–Kier alpha value is -7.73. The Morgan fingerprint density at radius 2 is 1.44 bits per heavy atom. The Morgan fingerprint density at radius 1 is 0.703 bits per heavy atom. The van der Waals surface area contributed by atoms with E-state index in [0.29, 0.717) is 5.96 Å². The van der Waals surface area contributed by atoms with E-state index in [4.69, 9.17) is 10.7 Å². The van der Waals surface area contributed by atoms with Crippen molar-refractivity contribution in [2.45, 2.75) is 18.4 Å². The minimum absolute atomic E-state index is 0.208. The summed E-state index contributed by atoms with van der Waals surface area (Å²) in [6, 6.07) is 61.1. The molecule has 3 heterocycles. The van der Waals surface area contributed by atoms with E-state index in [-0.39, 0.29) is 17.9 Å². The normalized spacial score (nSPS) is 17.9. The maximum atomic E-state index is 6.89. The van der Waals surface area contributed by atoms with Crippen molar-refractivity contribution in [1.82, 2.24) is 4.57 Å². The Balaban J connectivity index is 0.819. The van der Waals surface area contributed by atoms with Crippen LogP contribution in [0.4, 0.5) is 11.4 Å². The minimum Gasteiger partial charge on any atom is -0.369 e. The fourth-order valence-corrected chi connectivity index (χ4v) is 11.5. The summed E-state index contributed by atoms with van der Waals surface area (Å²) in [6.45, 7) is 4.43. The first kappa shape index (κ1) is 38.0. The van der Waals surface area contributed by atoms with Gasteiger partial charge in [-0.1, -0.05) is 170 Å². The van der Waals surface area contributed by atoms with E-state index in [0.717, 1.165) is 28.4 Å². The zero-order valence-electron chi connectivity index (χ0n) is 35.2. The topological polar surface area (TPSA) is 46.5 Å². The fraction of sp³-hybridized carbons (Fsp3) is 0.0678. The average molecular weight is 841 g/mol. The van der Waals surface area contributed by atoms with E-state index in [1.807, 2.05) is 17.4 Å². The predicted molar refractivity (Wildman–Crippen MR) is 272 cm³/mol. The molecule has 4 nitrogen and oxygen atoms in total. The third-order valence-corrected chi connectivity index (χ3v) is 14.5. The lowest BCUT2D eigenvalue weighted by molar-refractivity contribution is 0.717. The first-order valence-corrected chi connectivity index (χ1v) is 22.8. The lowest BCUT2D eigenvalue weighted by atomic mass is 9.82. The average Bonchev–Trinajstić information content (AvgIpc) is 4.02. The van der Waals surface area contributed by atoms with Crippen LogP contribution in [0.2, 0.25) is 0 Å². The summed E-state index contributed by atoms with van der Waals surface area (Å²) in [5.41, 5.74) is 19.9. The molecule has 64 heavy (non-hydrogen) atoms. The summed E-state index contributed by atoms with van der Waals surface area (Å²) < 4.78 is 4.71. The molecule has 1 aliphatic heterocycles. The van der Waals surface area contributed by atoms with Gasteiger partial charge in [-0.05, 0) is 93.4 Å². The predicted octanol–water partition coefficient (Wildman–Crippen LogP) is 13.1. The number of aliphatic imine (C=N–C) groups is 1. The van der Waals surface area contributed by atoms with Gasteiger partial charge in [0.1, 0.15) is 0 Å². The van der Waals surface area contributed by atoms with Crippen LogP contribution in [0.1, 0.15) is 23.5 Å². The van der Waals surface area contributed by atoms with Crippen molar-refractivity contribution < 1.29 is 0 Å². The first-order chi connectivity index (χ1) is 31.6. The van der Waals surface area contributed by atoms with Gasteiger partial charge in [0.25, 0.3) is 0 Å². The van der Waals surface area contributed by atoms with Crippen molar-refractivity contribution in [3.05, 3.63) is 234 Å². The molecule has 0 fully saturated rings. The van der Waals surface area contributed by atoms with E-state index < -0.39 is 0 Å². The van der Waals surface area contributed by atoms with Crippen molar-refractivity contribution >= 4 is 77.5 Å². The monoisotopic (exact) mass is 840 g/mol. The van der Waals surface area contributed by atoms with Gasteiger partial charge in [-0.2, -0.15) is 0 Å². The third-order valence-electron chi connectivity index (χ3n) is 13.3. The molecule has 0 saturated carbocycles. The number of anilines is 2. The number of allylic oxidation sites excluding steroid dienone is 4. The van der Waals surface area contributed by atoms with Gasteiger partial charge in [0.15, 0.2) is 0 Å². The van der Waals surface area contributed by atoms with Gasteiger partial charge in [0, 0.05) is 60.2 Å². The minimum atomic E-state index is 0.208.